The molecule has 0 saturated carbocycles. The number of hydrogen-bond acceptors (Lipinski definition) is 5. The van der Waals surface area contributed by atoms with Gasteiger partial charge in [-0.1, -0.05) is 39.0 Å². The Balaban J connectivity index is 1.97. The van der Waals surface area contributed by atoms with Gasteiger partial charge in [0.1, 0.15) is 0 Å². The molecule has 0 aliphatic carbocycles. The van der Waals surface area contributed by atoms with Crippen molar-refractivity contribution in [3.8, 4) is 0 Å². The van der Waals surface area contributed by atoms with Crippen molar-refractivity contribution in [1.82, 2.24) is 18.7 Å². The SMILES string of the molecule is CCCCCCCCN1N=C(C)C(C)n2c1nc1c2c(=O)n(C)c(=O)n1C. The van der Waals surface area contributed by atoms with Gasteiger partial charge in [-0.25, -0.2) is 9.80 Å². The molecular weight excluding hydrogens is 344 g/mol. The van der Waals surface area contributed by atoms with Crippen molar-refractivity contribution in [3.05, 3.63) is 20.8 Å². The molecule has 3 rings (SSSR count). The zero-order valence-corrected chi connectivity index (χ0v) is 17.0. The minimum atomic E-state index is -0.365. The molecule has 0 saturated heterocycles. The van der Waals surface area contributed by atoms with E-state index in [2.05, 4.69) is 11.9 Å². The first kappa shape index (κ1) is 19.4. The van der Waals surface area contributed by atoms with Crippen molar-refractivity contribution in [2.75, 3.05) is 11.6 Å². The summed E-state index contributed by atoms with van der Waals surface area (Å²) in [6.07, 6.45) is 7.20. The molecule has 1 atom stereocenters. The van der Waals surface area contributed by atoms with Gasteiger partial charge in [-0.15, -0.1) is 0 Å². The Labute approximate surface area is 159 Å². The van der Waals surface area contributed by atoms with E-state index in [-0.39, 0.29) is 17.3 Å². The Morgan fingerprint density at radius 3 is 2.37 bits per heavy atom. The van der Waals surface area contributed by atoms with E-state index in [0.29, 0.717) is 17.1 Å². The fraction of sp³-hybridized carbons (Fsp3) is 0.684. The molecule has 0 amide bonds. The molecule has 8 heteroatoms. The topological polar surface area (TPSA) is 77.4 Å². The number of nitrogens with zero attached hydrogens (tertiary/aromatic N) is 6. The smallest absolute Gasteiger partial charge is 0.294 e. The molecule has 8 nitrogen and oxygen atoms in total. The van der Waals surface area contributed by atoms with E-state index in [1.54, 1.807) is 7.05 Å². The van der Waals surface area contributed by atoms with E-state index >= 15 is 0 Å². The highest BCUT2D eigenvalue weighted by molar-refractivity contribution is 5.90. The zero-order chi connectivity index (χ0) is 19.7. The van der Waals surface area contributed by atoms with E-state index in [4.69, 9.17) is 5.10 Å². The van der Waals surface area contributed by atoms with Gasteiger partial charge in [0.25, 0.3) is 5.56 Å². The highest BCUT2D eigenvalue weighted by atomic mass is 16.2. The predicted octanol–water partition coefficient (Wildman–Crippen LogP) is 2.55. The third-order valence-corrected chi connectivity index (χ3v) is 5.50. The Morgan fingerprint density at radius 1 is 1.00 bits per heavy atom. The monoisotopic (exact) mass is 374 g/mol. The summed E-state index contributed by atoms with van der Waals surface area (Å²) in [4.78, 5) is 29.7. The van der Waals surface area contributed by atoms with Gasteiger partial charge in [0.05, 0.1) is 11.8 Å². The van der Waals surface area contributed by atoms with E-state index < -0.39 is 0 Å². The Bertz CT molecular complexity index is 981. The molecular formula is C19H30N6O2. The van der Waals surface area contributed by atoms with E-state index in [0.717, 1.165) is 29.7 Å². The molecule has 0 aromatic carbocycles. The average Bonchev–Trinajstić information content (AvgIpc) is 3.06. The lowest BCUT2D eigenvalue weighted by Gasteiger charge is -2.29. The van der Waals surface area contributed by atoms with Crippen molar-refractivity contribution in [1.29, 1.82) is 0 Å². The largest absolute Gasteiger partial charge is 0.332 e. The van der Waals surface area contributed by atoms with Crippen molar-refractivity contribution in [2.45, 2.75) is 65.3 Å². The number of imidazole rings is 1. The van der Waals surface area contributed by atoms with E-state index in [9.17, 15) is 9.59 Å². The summed E-state index contributed by atoms with van der Waals surface area (Å²) in [7, 11) is 3.16. The third kappa shape index (κ3) is 3.33. The molecule has 2 aromatic rings. The third-order valence-electron chi connectivity index (χ3n) is 5.50. The lowest BCUT2D eigenvalue weighted by molar-refractivity contribution is 0.580. The van der Waals surface area contributed by atoms with Crippen LogP contribution in [0.3, 0.4) is 0 Å². The molecule has 0 spiro atoms. The molecule has 2 aromatic heterocycles. The summed E-state index contributed by atoms with van der Waals surface area (Å²) < 4.78 is 4.51. The summed E-state index contributed by atoms with van der Waals surface area (Å²) in [5.41, 5.74) is 1.14. The maximum absolute atomic E-state index is 12.8. The van der Waals surface area contributed by atoms with Gasteiger partial charge in [-0.3, -0.25) is 18.5 Å². The second-order valence-electron chi connectivity index (χ2n) is 7.47. The number of fused-ring (bicyclic) bond motifs is 3. The number of hydrazone groups is 1. The van der Waals surface area contributed by atoms with Crippen LogP contribution in [0, 0.1) is 0 Å². The Kier molecular flexibility index (Phi) is 5.53. The van der Waals surface area contributed by atoms with Crippen LogP contribution < -0.4 is 16.3 Å². The highest BCUT2D eigenvalue weighted by Crippen LogP contribution is 2.29. The summed E-state index contributed by atoms with van der Waals surface area (Å²) in [6.45, 7) is 6.96. The molecule has 0 N–H and O–H groups in total. The van der Waals surface area contributed by atoms with Gasteiger partial charge in [-0.05, 0) is 20.3 Å². The van der Waals surface area contributed by atoms with Gasteiger partial charge in [0.15, 0.2) is 11.2 Å². The molecule has 27 heavy (non-hydrogen) atoms. The van der Waals surface area contributed by atoms with Gasteiger partial charge in [0, 0.05) is 20.6 Å². The summed E-state index contributed by atoms with van der Waals surface area (Å²) >= 11 is 0. The molecule has 148 valence electrons. The van der Waals surface area contributed by atoms with E-state index in [1.165, 1.54) is 37.3 Å². The van der Waals surface area contributed by atoms with Gasteiger partial charge in [0.2, 0.25) is 5.95 Å². The Hall–Kier alpha value is -2.38. The van der Waals surface area contributed by atoms with Gasteiger partial charge < -0.3 is 0 Å². The zero-order valence-electron chi connectivity index (χ0n) is 17.0. The standard InChI is InChI=1S/C19H30N6O2/c1-6-7-8-9-10-11-12-24-18-20-16-15(25(18)14(3)13(2)21-24)17(26)23(5)19(27)22(16)4/h14H,6-12H2,1-5H3. The number of anilines is 1. The molecule has 1 unspecified atom stereocenters. The fourth-order valence-corrected chi connectivity index (χ4v) is 3.65. The summed E-state index contributed by atoms with van der Waals surface area (Å²) in [6, 6.07) is -0.0731. The molecule has 0 radical (unpaired) electrons. The molecule has 1 aliphatic rings. The number of rotatable bonds is 7. The lowest BCUT2D eigenvalue weighted by Crippen LogP contribution is -2.38. The molecule has 1 aliphatic heterocycles. The minimum Gasteiger partial charge on any atom is -0.294 e. The number of unbranched alkanes of at least 4 members (excludes halogenated alkanes) is 5. The number of aryl methyl sites for hydroxylation is 1. The summed E-state index contributed by atoms with van der Waals surface area (Å²) in [5.74, 6) is 0.648. The van der Waals surface area contributed by atoms with Gasteiger partial charge in [-0.2, -0.15) is 10.1 Å². The minimum absolute atomic E-state index is 0.0731. The van der Waals surface area contributed by atoms with Crippen molar-refractivity contribution in [3.63, 3.8) is 0 Å². The lowest BCUT2D eigenvalue weighted by atomic mass is 10.1. The van der Waals surface area contributed by atoms with Crippen molar-refractivity contribution >= 4 is 22.8 Å². The first-order valence-electron chi connectivity index (χ1n) is 9.89. The number of hydrogen-bond donors (Lipinski definition) is 0. The second-order valence-corrected chi connectivity index (χ2v) is 7.47. The molecule has 0 bridgehead atoms. The maximum Gasteiger partial charge on any atom is 0.332 e. The van der Waals surface area contributed by atoms with Crippen LogP contribution in [0.25, 0.3) is 11.2 Å². The van der Waals surface area contributed by atoms with Gasteiger partial charge >= 0.3 is 5.69 Å². The molecule has 0 fully saturated rings. The van der Waals surface area contributed by atoms with Crippen molar-refractivity contribution in [2.24, 2.45) is 19.2 Å². The molecule has 3 heterocycles. The quantitative estimate of drug-likeness (QED) is 0.698. The first-order chi connectivity index (χ1) is 12.9. The van der Waals surface area contributed by atoms with Crippen LogP contribution in [0.2, 0.25) is 0 Å². The predicted molar refractivity (Wildman–Crippen MR) is 109 cm³/mol. The van der Waals surface area contributed by atoms with Crippen molar-refractivity contribution < 1.29 is 0 Å². The van der Waals surface area contributed by atoms with Crippen LogP contribution in [-0.4, -0.2) is 30.9 Å². The Morgan fingerprint density at radius 2 is 1.67 bits per heavy atom. The van der Waals surface area contributed by atoms with Crippen LogP contribution >= 0.6 is 0 Å². The number of aromatic nitrogens is 4. The van der Waals surface area contributed by atoms with E-state index in [1.807, 2.05) is 23.4 Å². The summed E-state index contributed by atoms with van der Waals surface area (Å²) in [5, 5.41) is 6.60. The average molecular weight is 374 g/mol. The normalized spacial score (nSPS) is 16.7. The fourth-order valence-electron chi connectivity index (χ4n) is 3.65. The second kappa shape index (κ2) is 7.70. The van der Waals surface area contributed by atoms with Crippen LogP contribution in [0.5, 0.6) is 0 Å². The van der Waals surface area contributed by atoms with Crippen LogP contribution in [0.1, 0.15) is 65.3 Å². The van der Waals surface area contributed by atoms with Crippen LogP contribution in [0.15, 0.2) is 14.7 Å². The first-order valence-corrected chi connectivity index (χ1v) is 9.89. The van der Waals surface area contributed by atoms with Crippen LogP contribution in [0.4, 0.5) is 5.95 Å². The maximum atomic E-state index is 12.8. The van der Waals surface area contributed by atoms with Crippen LogP contribution in [-0.2, 0) is 14.1 Å². The highest BCUT2D eigenvalue weighted by Gasteiger charge is 2.29.